The average molecular weight is 436 g/mol. The van der Waals surface area contributed by atoms with Gasteiger partial charge in [-0.1, -0.05) is 0 Å². The molecule has 2 aliphatic rings. The molecule has 0 spiro atoms. The first-order chi connectivity index (χ1) is 15.5. The van der Waals surface area contributed by atoms with E-state index in [0.29, 0.717) is 47.5 Å². The molecule has 0 fully saturated rings. The number of rotatable bonds is 6. The highest BCUT2D eigenvalue weighted by Gasteiger charge is 2.31. The van der Waals surface area contributed by atoms with Crippen molar-refractivity contribution in [3.8, 4) is 11.4 Å². The quantitative estimate of drug-likeness (QED) is 0.425. The van der Waals surface area contributed by atoms with E-state index in [1.54, 1.807) is 4.57 Å². The number of hydrogen-bond acceptors (Lipinski definition) is 5. The Kier molecular flexibility index (Phi) is 5.08. The maximum atomic E-state index is 14.6. The van der Waals surface area contributed by atoms with Crippen LogP contribution >= 0.6 is 0 Å². The fraction of sp³-hybridized carbons (Fsp3) is 0.400. The summed E-state index contributed by atoms with van der Waals surface area (Å²) in [5, 5.41) is 1.04. The highest BCUT2D eigenvalue weighted by Crippen LogP contribution is 2.41. The van der Waals surface area contributed by atoms with Crippen LogP contribution in [0, 0.1) is 12.7 Å². The van der Waals surface area contributed by atoms with Gasteiger partial charge in [0.1, 0.15) is 12.4 Å². The van der Waals surface area contributed by atoms with Gasteiger partial charge in [0.2, 0.25) is 0 Å². The largest absolute Gasteiger partial charge is 0.463 e. The van der Waals surface area contributed by atoms with Crippen molar-refractivity contribution in [2.24, 2.45) is 0 Å². The van der Waals surface area contributed by atoms with Crippen molar-refractivity contribution >= 4 is 17.4 Å². The summed E-state index contributed by atoms with van der Waals surface area (Å²) in [6.07, 6.45) is 2.31. The summed E-state index contributed by atoms with van der Waals surface area (Å²) in [6, 6.07) is 3.43. The number of carbonyl (C=O) groups excluding carboxylic acids is 1. The highest BCUT2D eigenvalue weighted by atomic mass is 19.1. The number of pyridine rings is 2. The Hall–Kier alpha value is -3.06. The van der Waals surface area contributed by atoms with Gasteiger partial charge in [0, 0.05) is 23.6 Å². The predicted octanol–water partition coefficient (Wildman–Crippen LogP) is 4.13. The van der Waals surface area contributed by atoms with Crippen LogP contribution in [0.25, 0.3) is 22.3 Å². The molecule has 1 aliphatic carbocycles. The fourth-order valence-corrected chi connectivity index (χ4v) is 5.29. The Labute approximate surface area is 185 Å². The van der Waals surface area contributed by atoms with E-state index in [4.69, 9.17) is 14.5 Å². The van der Waals surface area contributed by atoms with Crippen molar-refractivity contribution in [2.45, 2.75) is 59.3 Å². The summed E-state index contributed by atoms with van der Waals surface area (Å²) < 4.78 is 27.0. The molecule has 0 N–H and O–H groups in total. The minimum absolute atomic E-state index is 0.109. The van der Waals surface area contributed by atoms with Gasteiger partial charge in [-0.15, -0.1) is 0 Å². The van der Waals surface area contributed by atoms with Gasteiger partial charge in [-0.3, -0.25) is 9.59 Å². The van der Waals surface area contributed by atoms with Crippen LogP contribution in [0.5, 0.6) is 0 Å². The van der Waals surface area contributed by atoms with Gasteiger partial charge in [-0.25, -0.2) is 9.37 Å². The third-order valence-electron chi connectivity index (χ3n) is 6.81. The molecule has 5 rings (SSSR count). The van der Waals surface area contributed by atoms with E-state index in [1.807, 2.05) is 26.8 Å². The predicted molar refractivity (Wildman–Crippen MR) is 118 cm³/mol. The zero-order valence-corrected chi connectivity index (χ0v) is 18.5. The lowest BCUT2D eigenvalue weighted by molar-refractivity contribution is -0.129. The SMILES string of the molecule is CCOC(C)c1cc2n(c(=O)c1COC=O)Cc1c-2nc2cc(F)c(C)c3c2c1CCC3. The zero-order valence-electron chi connectivity index (χ0n) is 18.5. The van der Waals surface area contributed by atoms with Crippen molar-refractivity contribution in [1.29, 1.82) is 0 Å². The molecule has 3 aromatic rings. The molecule has 0 bridgehead atoms. The van der Waals surface area contributed by atoms with Gasteiger partial charge in [-0.2, -0.15) is 0 Å². The van der Waals surface area contributed by atoms with Crippen LogP contribution in [-0.2, 0) is 40.3 Å². The lowest BCUT2D eigenvalue weighted by Crippen LogP contribution is -2.26. The first kappa shape index (κ1) is 20.8. The van der Waals surface area contributed by atoms with E-state index in [0.717, 1.165) is 41.5 Å². The van der Waals surface area contributed by atoms with E-state index < -0.39 is 0 Å². The second-order valence-electron chi connectivity index (χ2n) is 8.49. The summed E-state index contributed by atoms with van der Waals surface area (Å²) in [7, 11) is 0. The summed E-state index contributed by atoms with van der Waals surface area (Å²) >= 11 is 0. The van der Waals surface area contributed by atoms with Crippen LogP contribution < -0.4 is 5.56 Å². The van der Waals surface area contributed by atoms with Crippen molar-refractivity contribution in [3.63, 3.8) is 0 Å². The lowest BCUT2D eigenvalue weighted by Gasteiger charge is -2.22. The molecular formula is C25H25FN2O4. The summed E-state index contributed by atoms with van der Waals surface area (Å²) in [5.41, 5.74) is 6.89. The van der Waals surface area contributed by atoms with Crippen molar-refractivity contribution < 1.29 is 18.7 Å². The second-order valence-corrected chi connectivity index (χ2v) is 8.49. The first-order valence-corrected chi connectivity index (χ1v) is 11.0. The standard InChI is InChI=1S/C25H25FN2O4/c1-4-32-14(3)17-8-22-24-18(10-28(22)25(30)19(17)11-31-12-29)16-7-5-6-15-13(2)20(26)9-21(27-24)23(15)16/h8-9,12,14H,4-7,10-11H2,1-3H3. The number of benzene rings is 1. The molecule has 1 unspecified atom stereocenters. The van der Waals surface area contributed by atoms with Crippen molar-refractivity contribution in [2.75, 3.05) is 6.61 Å². The lowest BCUT2D eigenvalue weighted by atomic mass is 9.85. The topological polar surface area (TPSA) is 70.4 Å². The maximum Gasteiger partial charge on any atom is 0.293 e. The molecule has 3 heterocycles. The number of aryl methyl sites for hydroxylation is 2. The van der Waals surface area contributed by atoms with Gasteiger partial charge in [0.15, 0.2) is 0 Å². The monoisotopic (exact) mass is 436 g/mol. The molecule has 0 radical (unpaired) electrons. The summed E-state index contributed by atoms with van der Waals surface area (Å²) in [5.74, 6) is -0.241. The minimum atomic E-state index is -0.349. The van der Waals surface area contributed by atoms with E-state index in [9.17, 15) is 14.0 Å². The van der Waals surface area contributed by atoms with Crippen molar-refractivity contribution in [1.82, 2.24) is 9.55 Å². The third kappa shape index (κ3) is 2.98. The molecule has 0 saturated heterocycles. The molecule has 0 amide bonds. The van der Waals surface area contributed by atoms with E-state index in [2.05, 4.69) is 0 Å². The molecule has 7 heteroatoms. The Morgan fingerprint density at radius 2 is 2.03 bits per heavy atom. The summed E-state index contributed by atoms with van der Waals surface area (Å²) in [4.78, 5) is 29.1. The number of ether oxygens (including phenoxy) is 2. The molecule has 32 heavy (non-hydrogen) atoms. The molecular weight excluding hydrogens is 411 g/mol. The first-order valence-electron chi connectivity index (χ1n) is 11.0. The highest BCUT2D eigenvalue weighted by molar-refractivity contribution is 5.92. The average Bonchev–Trinajstić information content (AvgIpc) is 3.16. The van der Waals surface area contributed by atoms with Crippen molar-refractivity contribution in [3.05, 3.63) is 61.7 Å². The number of nitrogens with zero attached hydrogens (tertiary/aromatic N) is 2. The molecule has 6 nitrogen and oxygen atoms in total. The molecule has 0 saturated carbocycles. The summed E-state index contributed by atoms with van der Waals surface area (Å²) in [6.45, 7) is 6.72. The van der Waals surface area contributed by atoms with E-state index >= 15 is 0 Å². The van der Waals surface area contributed by atoms with Gasteiger partial charge in [-0.05, 0) is 68.4 Å². The zero-order chi connectivity index (χ0) is 22.6. The van der Waals surface area contributed by atoms with Crippen LogP contribution in [-0.4, -0.2) is 22.6 Å². The van der Waals surface area contributed by atoms with Crippen LogP contribution in [0.15, 0.2) is 16.9 Å². The molecule has 1 aliphatic heterocycles. The number of hydrogen-bond donors (Lipinski definition) is 0. The molecule has 1 atom stereocenters. The van der Waals surface area contributed by atoms with Crippen LogP contribution in [0.4, 0.5) is 4.39 Å². The molecule has 1 aromatic carbocycles. The number of carbonyl (C=O) groups is 1. The Bertz CT molecular complexity index is 1330. The van der Waals surface area contributed by atoms with E-state index in [1.165, 1.54) is 11.6 Å². The van der Waals surface area contributed by atoms with Gasteiger partial charge in [0.25, 0.3) is 12.0 Å². The minimum Gasteiger partial charge on any atom is -0.463 e. The Balaban J connectivity index is 1.78. The van der Waals surface area contributed by atoms with Gasteiger partial charge in [0.05, 0.1) is 35.1 Å². The van der Waals surface area contributed by atoms with Gasteiger partial charge >= 0.3 is 0 Å². The number of fused-ring (bicyclic) bond motifs is 4. The van der Waals surface area contributed by atoms with E-state index in [-0.39, 0.29) is 24.1 Å². The number of halogens is 1. The van der Waals surface area contributed by atoms with Crippen LogP contribution in [0.1, 0.15) is 59.8 Å². The fourth-order valence-electron chi connectivity index (χ4n) is 5.29. The maximum absolute atomic E-state index is 14.6. The molecule has 166 valence electrons. The Morgan fingerprint density at radius 3 is 2.78 bits per heavy atom. The van der Waals surface area contributed by atoms with Crippen LogP contribution in [0.3, 0.4) is 0 Å². The third-order valence-corrected chi connectivity index (χ3v) is 6.81. The number of aromatic nitrogens is 2. The van der Waals surface area contributed by atoms with Gasteiger partial charge < -0.3 is 14.0 Å². The normalized spacial score (nSPS) is 14.9. The Morgan fingerprint density at radius 1 is 1.25 bits per heavy atom. The second kappa shape index (κ2) is 7.81. The smallest absolute Gasteiger partial charge is 0.293 e. The van der Waals surface area contributed by atoms with Crippen LogP contribution in [0.2, 0.25) is 0 Å². The molecule has 2 aromatic heterocycles.